The number of halogens is 3. The maximum Gasteiger partial charge on any atom is 0.257 e. The van der Waals surface area contributed by atoms with Gasteiger partial charge in [0.05, 0.1) is 28.6 Å². The lowest BCUT2D eigenvalue weighted by Gasteiger charge is -2.41. The predicted molar refractivity (Wildman–Crippen MR) is 187 cm³/mol. The Balaban J connectivity index is 1.03. The number of hydrogen-bond acceptors (Lipinski definition) is 7. The van der Waals surface area contributed by atoms with Gasteiger partial charge < -0.3 is 14.6 Å². The van der Waals surface area contributed by atoms with E-state index in [0.717, 1.165) is 49.5 Å². The van der Waals surface area contributed by atoms with Gasteiger partial charge in [-0.3, -0.25) is 14.8 Å². The minimum absolute atomic E-state index is 0.171. The summed E-state index contributed by atoms with van der Waals surface area (Å²) in [4.78, 5) is 25.1. The Bertz CT molecular complexity index is 1930. The second-order valence-electron chi connectivity index (χ2n) is 13.4. The molecule has 9 nitrogen and oxygen atoms in total. The number of aliphatic hydroxyl groups is 1. The van der Waals surface area contributed by atoms with E-state index in [4.69, 9.17) is 28.3 Å². The van der Waals surface area contributed by atoms with E-state index in [1.165, 1.54) is 34.4 Å². The fraction of sp³-hybridized carbons (Fsp3) is 0.429. The Kier molecular flexibility index (Phi) is 8.75. The fourth-order valence-electron chi connectivity index (χ4n) is 7.62. The summed E-state index contributed by atoms with van der Waals surface area (Å²) < 4.78 is 17.6. The number of aliphatic hydroxyl groups excluding tert-OH is 1. The highest BCUT2D eigenvalue weighted by Crippen LogP contribution is 2.44. The second kappa shape index (κ2) is 13.2. The number of fused-ring (bicyclic) bond motifs is 2. The minimum atomic E-state index is -1.04. The molecule has 2 N–H and O–H groups in total. The third-order valence-electron chi connectivity index (χ3n) is 10.3. The number of alkyl halides is 1. The van der Waals surface area contributed by atoms with Gasteiger partial charge in [0, 0.05) is 54.0 Å². The van der Waals surface area contributed by atoms with Crippen LogP contribution < -0.4 is 5.32 Å². The van der Waals surface area contributed by atoms with E-state index in [1.54, 1.807) is 28.7 Å². The number of hydrogen-bond donors (Lipinski definition) is 2. The standard InChI is InChI=1S/C35H36Cl2FN7O2S/c36-28-14-26(23-3-1-22(2-4-23)24-11-21(12-24)15-43-8-5-20(18-46)6-9-43)30(37)31-27(28)17-45(42-31)33(34(47)41-35-39-7-10-48-35)32-29-13-25(38)16-44(29)19-40-32/h1-4,7,10,14,17,19-21,24-25,33,46H,5-6,8-9,11-13,15-16,18H2,(H,39,41,47)/t21?,24?,25-,33?/m1/s1. The molecule has 0 radical (unpaired) electrons. The van der Waals surface area contributed by atoms with Gasteiger partial charge >= 0.3 is 0 Å². The van der Waals surface area contributed by atoms with E-state index in [9.17, 15) is 14.3 Å². The highest BCUT2D eigenvalue weighted by atomic mass is 35.5. The molecule has 2 aliphatic heterocycles. The van der Waals surface area contributed by atoms with Crippen LogP contribution in [-0.2, 0) is 17.8 Å². The average molecular weight is 709 g/mol. The minimum Gasteiger partial charge on any atom is -0.396 e. The number of carbonyl (C=O) groups excluding carboxylic acids is 1. The normalized spacial score (nSPS) is 22.1. The number of anilines is 1. The van der Waals surface area contributed by atoms with Gasteiger partial charge in [-0.05, 0) is 73.7 Å². The third-order valence-corrected chi connectivity index (χ3v) is 11.7. The molecule has 1 unspecified atom stereocenters. The summed E-state index contributed by atoms with van der Waals surface area (Å²) in [6.45, 7) is 3.86. The average Bonchev–Trinajstić information content (AvgIpc) is 3.88. The van der Waals surface area contributed by atoms with E-state index in [2.05, 4.69) is 44.5 Å². The first kappa shape index (κ1) is 31.9. The molecule has 13 heteroatoms. The van der Waals surface area contributed by atoms with Crippen LogP contribution in [0.1, 0.15) is 54.6 Å². The zero-order chi connectivity index (χ0) is 32.9. The Morgan fingerprint density at radius 2 is 1.92 bits per heavy atom. The molecule has 2 atom stereocenters. The maximum absolute atomic E-state index is 14.4. The lowest BCUT2D eigenvalue weighted by Crippen LogP contribution is -2.40. The number of piperidine rings is 1. The summed E-state index contributed by atoms with van der Waals surface area (Å²) in [7, 11) is 0. The molecule has 3 aliphatic rings. The zero-order valence-corrected chi connectivity index (χ0v) is 28.6. The number of benzene rings is 2. The van der Waals surface area contributed by atoms with E-state index < -0.39 is 18.1 Å². The second-order valence-corrected chi connectivity index (χ2v) is 15.1. The van der Waals surface area contributed by atoms with E-state index in [1.807, 2.05) is 6.07 Å². The molecule has 250 valence electrons. The first-order valence-electron chi connectivity index (χ1n) is 16.5. The number of imidazole rings is 1. The van der Waals surface area contributed by atoms with Crippen LogP contribution in [0, 0.1) is 11.8 Å². The van der Waals surface area contributed by atoms with Gasteiger partial charge in [-0.25, -0.2) is 14.4 Å². The molecular weight excluding hydrogens is 672 g/mol. The number of rotatable bonds is 9. The number of nitrogens with zero attached hydrogens (tertiary/aromatic N) is 6. The molecule has 2 fully saturated rings. The van der Waals surface area contributed by atoms with Gasteiger partial charge in [0.1, 0.15) is 11.7 Å². The van der Waals surface area contributed by atoms with Gasteiger partial charge in [0.15, 0.2) is 11.2 Å². The smallest absolute Gasteiger partial charge is 0.257 e. The molecule has 1 saturated carbocycles. The van der Waals surface area contributed by atoms with Crippen molar-refractivity contribution in [1.82, 2.24) is 29.2 Å². The topological polar surface area (TPSA) is 101 Å². The molecule has 5 heterocycles. The van der Waals surface area contributed by atoms with Crippen LogP contribution in [0.25, 0.3) is 22.0 Å². The van der Waals surface area contributed by atoms with Crippen molar-refractivity contribution in [1.29, 1.82) is 0 Å². The monoisotopic (exact) mass is 707 g/mol. The lowest BCUT2D eigenvalue weighted by atomic mass is 9.71. The number of aromatic nitrogens is 5. The predicted octanol–water partition coefficient (Wildman–Crippen LogP) is 6.98. The molecule has 8 rings (SSSR count). The molecule has 5 aromatic rings. The number of thiazole rings is 1. The van der Waals surface area contributed by atoms with Crippen molar-refractivity contribution in [3.8, 4) is 11.1 Å². The molecule has 3 aromatic heterocycles. The number of amides is 1. The number of nitrogens with one attached hydrogen (secondary N) is 1. The van der Waals surface area contributed by atoms with Crippen molar-refractivity contribution in [3.05, 3.63) is 81.4 Å². The zero-order valence-electron chi connectivity index (χ0n) is 26.2. The van der Waals surface area contributed by atoms with E-state index in [-0.39, 0.29) is 13.0 Å². The van der Waals surface area contributed by atoms with Crippen LogP contribution in [0.15, 0.2) is 54.4 Å². The third kappa shape index (κ3) is 6.04. The van der Waals surface area contributed by atoms with Crippen molar-refractivity contribution in [3.63, 3.8) is 0 Å². The van der Waals surface area contributed by atoms with Gasteiger partial charge in [-0.15, -0.1) is 11.3 Å². The van der Waals surface area contributed by atoms with Crippen molar-refractivity contribution in [2.75, 3.05) is 31.6 Å². The Morgan fingerprint density at radius 1 is 1.12 bits per heavy atom. The van der Waals surface area contributed by atoms with E-state index in [0.29, 0.717) is 55.9 Å². The Morgan fingerprint density at radius 3 is 2.65 bits per heavy atom. The molecular formula is C35H36Cl2FN7O2S. The number of carbonyl (C=O) groups is 1. The van der Waals surface area contributed by atoms with Gasteiger partial charge in [0.25, 0.3) is 5.91 Å². The lowest BCUT2D eigenvalue weighted by molar-refractivity contribution is -0.118. The van der Waals surface area contributed by atoms with Crippen molar-refractivity contribution in [2.24, 2.45) is 11.8 Å². The first-order valence-corrected chi connectivity index (χ1v) is 18.2. The molecule has 1 saturated heterocycles. The largest absolute Gasteiger partial charge is 0.396 e. The van der Waals surface area contributed by atoms with Crippen molar-refractivity contribution >= 4 is 56.5 Å². The summed E-state index contributed by atoms with van der Waals surface area (Å²) >= 11 is 15.2. The summed E-state index contributed by atoms with van der Waals surface area (Å²) in [5.41, 5.74) is 4.60. The Labute approximate surface area is 291 Å². The molecule has 0 spiro atoms. The van der Waals surface area contributed by atoms with Gasteiger partial charge in [-0.1, -0.05) is 47.5 Å². The van der Waals surface area contributed by atoms with Crippen LogP contribution in [0.2, 0.25) is 10.0 Å². The van der Waals surface area contributed by atoms with Crippen molar-refractivity contribution < 1.29 is 14.3 Å². The molecule has 2 aromatic carbocycles. The fourth-order valence-corrected chi connectivity index (χ4v) is 8.70. The molecule has 48 heavy (non-hydrogen) atoms. The maximum atomic E-state index is 14.4. The summed E-state index contributed by atoms with van der Waals surface area (Å²) in [6, 6.07) is 9.41. The first-order chi connectivity index (χ1) is 23.3. The van der Waals surface area contributed by atoms with Crippen LogP contribution in [-0.4, -0.2) is 72.6 Å². The summed E-state index contributed by atoms with van der Waals surface area (Å²) in [6.07, 6.45) is 8.61. The van der Waals surface area contributed by atoms with Crippen molar-refractivity contribution in [2.45, 2.75) is 56.8 Å². The van der Waals surface area contributed by atoms with Crippen LogP contribution >= 0.6 is 34.5 Å². The van der Waals surface area contributed by atoms with Gasteiger partial charge in [0.2, 0.25) is 0 Å². The highest BCUT2D eigenvalue weighted by molar-refractivity contribution is 7.13. The number of likely N-dealkylation sites (tertiary alicyclic amines) is 1. The molecule has 1 aliphatic carbocycles. The van der Waals surface area contributed by atoms with Gasteiger partial charge in [-0.2, -0.15) is 5.10 Å². The quantitative estimate of drug-likeness (QED) is 0.171. The molecule has 0 bridgehead atoms. The van der Waals surface area contributed by atoms with Crippen LogP contribution in [0.3, 0.4) is 0 Å². The van der Waals surface area contributed by atoms with Crippen LogP contribution in [0.4, 0.5) is 9.52 Å². The highest BCUT2D eigenvalue weighted by Gasteiger charge is 2.35. The Hall–Kier alpha value is -3.35. The van der Waals surface area contributed by atoms with E-state index >= 15 is 0 Å². The summed E-state index contributed by atoms with van der Waals surface area (Å²) in [5.74, 6) is 1.36. The SMILES string of the molecule is O=C(Nc1nccs1)C(c1ncn2c1C[C@@H](F)C2)n1cc2c(Cl)cc(-c3ccc(C4CC(CN5CCC(CO)CC5)C4)cc3)c(Cl)c2n1. The van der Waals surface area contributed by atoms with Crippen LogP contribution in [0.5, 0.6) is 0 Å². The summed E-state index contributed by atoms with van der Waals surface area (Å²) in [5, 5.41) is 20.8. The molecule has 1 amide bonds.